The summed E-state index contributed by atoms with van der Waals surface area (Å²) in [6, 6.07) is 0.561. The summed E-state index contributed by atoms with van der Waals surface area (Å²) >= 11 is 0. The van der Waals surface area contributed by atoms with Crippen molar-refractivity contribution >= 4 is 11.6 Å². The summed E-state index contributed by atoms with van der Waals surface area (Å²) in [5, 5.41) is 3.31. The van der Waals surface area contributed by atoms with Crippen molar-refractivity contribution in [3.8, 4) is 5.75 Å². The third kappa shape index (κ3) is 3.75. The van der Waals surface area contributed by atoms with Gasteiger partial charge in [0.1, 0.15) is 6.33 Å². The second-order valence-corrected chi connectivity index (χ2v) is 5.71. The van der Waals surface area contributed by atoms with Crippen LogP contribution in [0, 0.1) is 0 Å². The van der Waals surface area contributed by atoms with Crippen molar-refractivity contribution in [1.29, 1.82) is 0 Å². The van der Waals surface area contributed by atoms with E-state index in [4.69, 9.17) is 4.74 Å². The van der Waals surface area contributed by atoms with Crippen molar-refractivity contribution in [3.63, 3.8) is 0 Å². The highest BCUT2D eigenvalue weighted by Gasteiger charge is 2.25. The molecule has 118 valence electrons. The average molecular weight is 293 g/mol. The summed E-state index contributed by atoms with van der Waals surface area (Å²) in [6.45, 7) is 5.01. The molecule has 1 unspecified atom stereocenters. The van der Waals surface area contributed by atoms with Crippen LogP contribution in [0.4, 0.5) is 11.6 Å². The van der Waals surface area contributed by atoms with Gasteiger partial charge in [0.2, 0.25) is 5.75 Å². The second kappa shape index (κ2) is 7.45. The van der Waals surface area contributed by atoms with Crippen LogP contribution in [0.15, 0.2) is 6.33 Å². The van der Waals surface area contributed by atoms with Gasteiger partial charge >= 0.3 is 0 Å². The Morgan fingerprint density at radius 3 is 2.90 bits per heavy atom. The standard InChI is InChI=1S/C15H27N5O/c1-5-8-16-14-13(21-4)15(18-11-17-14)20-9-6-7-12(10-20)19(2)3/h11-12H,5-10H2,1-4H3,(H,16,17,18). The van der Waals surface area contributed by atoms with E-state index < -0.39 is 0 Å². The van der Waals surface area contributed by atoms with Gasteiger partial charge in [0.05, 0.1) is 7.11 Å². The van der Waals surface area contributed by atoms with Gasteiger partial charge in [-0.15, -0.1) is 0 Å². The number of methoxy groups -OCH3 is 1. The Morgan fingerprint density at radius 1 is 1.43 bits per heavy atom. The maximum absolute atomic E-state index is 5.58. The van der Waals surface area contributed by atoms with E-state index in [1.54, 1.807) is 13.4 Å². The molecule has 1 fully saturated rings. The van der Waals surface area contributed by atoms with Crippen LogP contribution in [-0.2, 0) is 0 Å². The van der Waals surface area contributed by atoms with Gasteiger partial charge in [-0.3, -0.25) is 0 Å². The number of hydrogen-bond acceptors (Lipinski definition) is 6. The number of nitrogens with zero attached hydrogens (tertiary/aromatic N) is 4. The van der Waals surface area contributed by atoms with Crippen molar-refractivity contribution in [1.82, 2.24) is 14.9 Å². The van der Waals surface area contributed by atoms with Crippen LogP contribution in [0.3, 0.4) is 0 Å². The van der Waals surface area contributed by atoms with Gasteiger partial charge in [-0.05, 0) is 33.4 Å². The van der Waals surface area contributed by atoms with Gasteiger partial charge in [-0.2, -0.15) is 0 Å². The molecule has 0 aromatic carbocycles. The number of piperidine rings is 1. The number of aromatic nitrogens is 2. The fourth-order valence-corrected chi connectivity index (χ4v) is 2.72. The molecule has 6 heteroatoms. The van der Waals surface area contributed by atoms with Crippen molar-refractivity contribution in [2.45, 2.75) is 32.2 Å². The zero-order valence-electron chi connectivity index (χ0n) is 13.6. The Bertz CT molecular complexity index is 452. The van der Waals surface area contributed by atoms with E-state index in [0.29, 0.717) is 6.04 Å². The third-order valence-electron chi connectivity index (χ3n) is 3.96. The Kier molecular flexibility index (Phi) is 5.61. The molecule has 1 saturated heterocycles. The lowest BCUT2D eigenvalue weighted by atomic mass is 10.0. The number of rotatable bonds is 6. The summed E-state index contributed by atoms with van der Waals surface area (Å²) in [6.07, 6.45) is 5.08. The predicted octanol–water partition coefficient (Wildman–Crippen LogP) is 1.84. The molecule has 1 aliphatic heterocycles. The average Bonchev–Trinajstić information content (AvgIpc) is 2.52. The van der Waals surface area contributed by atoms with Crippen molar-refractivity contribution in [3.05, 3.63) is 6.33 Å². The Hall–Kier alpha value is -1.56. The van der Waals surface area contributed by atoms with Gasteiger partial charge in [-0.25, -0.2) is 9.97 Å². The van der Waals surface area contributed by atoms with E-state index in [-0.39, 0.29) is 0 Å². The van der Waals surface area contributed by atoms with Gasteiger partial charge in [0.15, 0.2) is 11.6 Å². The smallest absolute Gasteiger partial charge is 0.204 e. The molecular weight excluding hydrogens is 266 g/mol. The molecule has 1 atom stereocenters. The zero-order chi connectivity index (χ0) is 15.2. The number of hydrogen-bond donors (Lipinski definition) is 1. The summed E-state index contributed by atoms with van der Waals surface area (Å²) in [7, 11) is 5.96. The second-order valence-electron chi connectivity index (χ2n) is 5.71. The van der Waals surface area contributed by atoms with Crippen LogP contribution in [0.5, 0.6) is 5.75 Å². The maximum Gasteiger partial charge on any atom is 0.204 e. The highest BCUT2D eigenvalue weighted by Crippen LogP contribution is 2.33. The largest absolute Gasteiger partial charge is 0.490 e. The Morgan fingerprint density at radius 2 is 2.24 bits per heavy atom. The van der Waals surface area contributed by atoms with Crippen molar-refractivity contribution < 1.29 is 4.74 Å². The molecule has 0 aliphatic carbocycles. The highest BCUT2D eigenvalue weighted by molar-refractivity contribution is 5.65. The molecule has 6 nitrogen and oxygen atoms in total. The van der Waals surface area contributed by atoms with Crippen LogP contribution in [-0.4, -0.2) is 61.7 Å². The fourth-order valence-electron chi connectivity index (χ4n) is 2.72. The first kappa shape index (κ1) is 15.8. The first-order valence-electron chi connectivity index (χ1n) is 7.71. The third-order valence-corrected chi connectivity index (χ3v) is 3.96. The molecule has 1 aromatic heterocycles. The van der Waals surface area contributed by atoms with Crippen LogP contribution in [0.1, 0.15) is 26.2 Å². The molecule has 1 N–H and O–H groups in total. The molecule has 0 amide bonds. The summed E-state index contributed by atoms with van der Waals surface area (Å²) < 4.78 is 5.58. The van der Waals surface area contributed by atoms with Crippen LogP contribution >= 0.6 is 0 Å². The Labute approximate surface area is 127 Å². The number of nitrogens with one attached hydrogen (secondary N) is 1. The topological polar surface area (TPSA) is 53.5 Å². The molecule has 21 heavy (non-hydrogen) atoms. The molecule has 0 saturated carbocycles. The van der Waals surface area contributed by atoms with Crippen LogP contribution in [0.2, 0.25) is 0 Å². The Balaban J connectivity index is 2.21. The van der Waals surface area contributed by atoms with E-state index in [0.717, 1.165) is 43.4 Å². The molecular formula is C15H27N5O. The molecule has 0 radical (unpaired) electrons. The van der Waals surface area contributed by atoms with Crippen LogP contribution in [0.25, 0.3) is 0 Å². The van der Waals surface area contributed by atoms with E-state index in [2.05, 4.69) is 46.1 Å². The van der Waals surface area contributed by atoms with E-state index >= 15 is 0 Å². The monoisotopic (exact) mass is 293 g/mol. The zero-order valence-corrected chi connectivity index (χ0v) is 13.6. The van der Waals surface area contributed by atoms with Gasteiger partial charge in [0.25, 0.3) is 0 Å². The van der Waals surface area contributed by atoms with Gasteiger partial charge in [0, 0.05) is 25.7 Å². The summed E-state index contributed by atoms with van der Waals surface area (Å²) in [5.74, 6) is 2.44. The first-order chi connectivity index (χ1) is 10.2. The number of ether oxygens (including phenoxy) is 1. The number of likely N-dealkylation sites (N-methyl/N-ethyl adjacent to an activating group) is 1. The van der Waals surface area contributed by atoms with Gasteiger partial charge in [-0.1, -0.05) is 6.92 Å². The highest BCUT2D eigenvalue weighted by atomic mass is 16.5. The SMILES string of the molecule is CCCNc1ncnc(N2CCCC(N(C)C)C2)c1OC. The lowest BCUT2D eigenvalue weighted by Gasteiger charge is -2.37. The molecule has 1 aromatic rings. The first-order valence-corrected chi connectivity index (χ1v) is 7.71. The quantitative estimate of drug-likeness (QED) is 0.864. The van der Waals surface area contributed by atoms with Crippen molar-refractivity contribution in [2.24, 2.45) is 0 Å². The number of anilines is 2. The molecule has 2 rings (SSSR count). The predicted molar refractivity (Wildman–Crippen MR) is 86.3 cm³/mol. The summed E-state index contributed by atoms with van der Waals surface area (Å²) in [5.41, 5.74) is 0. The molecule has 0 spiro atoms. The van der Waals surface area contributed by atoms with Crippen molar-refractivity contribution in [2.75, 3.05) is 51.1 Å². The van der Waals surface area contributed by atoms with E-state index in [9.17, 15) is 0 Å². The van der Waals surface area contributed by atoms with Gasteiger partial charge < -0.3 is 19.9 Å². The lowest BCUT2D eigenvalue weighted by Crippen LogP contribution is -2.45. The van der Waals surface area contributed by atoms with Crippen LogP contribution < -0.4 is 15.0 Å². The summed E-state index contributed by atoms with van der Waals surface area (Å²) in [4.78, 5) is 13.4. The molecule has 2 heterocycles. The van der Waals surface area contributed by atoms with E-state index in [1.807, 2.05) is 0 Å². The minimum absolute atomic E-state index is 0.561. The van der Waals surface area contributed by atoms with E-state index in [1.165, 1.54) is 12.8 Å². The normalized spacial score (nSPS) is 18.9. The fraction of sp³-hybridized carbons (Fsp3) is 0.733. The minimum atomic E-state index is 0.561. The molecule has 1 aliphatic rings. The lowest BCUT2D eigenvalue weighted by molar-refractivity contribution is 0.256. The maximum atomic E-state index is 5.58. The molecule has 0 bridgehead atoms. The minimum Gasteiger partial charge on any atom is -0.490 e.